The molecule has 0 N–H and O–H groups in total. The second kappa shape index (κ2) is 4.10. The van der Waals surface area contributed by atoms with Gasteiger partial charge in [-0.3, -0.25) is 0 Å². The summed E-state index contributed by atoms with van der Waals surface area (Å²) in [5, 5.41) is 8.50. The molecule has 0 aliphatic heterocycles. The Morgan fingerprint density at radius 2 is 1.82 bits per heavy atom. The first-order valence-corrected chi connectivity index (χ1v) is 4.99. The molecule has 0 fully saturated rings. The van der Waals surface area contributed by atoms with Crippen LogP contribution in [-0.2, 0) is 0 Å². The van der Waals surface area contributed by atoms with Gasteiger partial charge in [0, 0.05) is 6.42 Å². The van der Waals surface area contributed by atoms with Gasteiger partial charge in [0.15, 0.2) is 0 Å². The van der Waals surface area contributed by atoms with E-state index in [1.54, 1.807) is 30.3 Å². The predicted octanol–water partition coefficient (Wildman–Crippen LogP) is 3.86. The lowest BCUT2D eigenvalue weighted by molar-refractivity contribution is 0.0486. The second-order valence-electron chi connectivity index (χ2n) is 3.75. The molecule has 1 aliphatic rings. The molecule has 0 amide bonds. The lowest BCUT2D eigenvalue weighted by Crippen LogP contribution is -2.22. The highest BCUT2D eigenvalue weighted by Gasteiger charge is 2.41. The summed E-state index contributed by atoms with van der Waals surface area (Å²) >= 11 is 0. The van der Waals surface area contributed by atoms with Crippen LogP contribution in [0.5, 0.6) is 0 Å². The van der Waals surface area contributed by atoms with Crippen LogP contribution in [0.3, 0.4) is 0 Å². The average Bonchev–Trinajstić information content (AvgIpc) is 2.28. The van der Waals surface area contributed by atoms with Gasteiger partial charge in [0.2, 0.25) is 0 Å². The van der Waals surface area contributed by atoms with Crippen molar-refractivity contribution in [2.45, 2.75) is 12.3 Å². The van der Waals surface area contributed by atoms with Crippen molar-refractivity contribution in [1.82, 2.24) is 0 Å². The van der Waals surface area contributed by atoms with E-state index in [9.17, 15) is 13.2 Å². The minimum absolute atomic E-state index is 0.201. The van der Waals surface area contributed by atoms with Crippen LogP contribution >= 0.6 is 0 Å². The highest BCUT2D eigenvalue weighted by molar-refractivity contribution is 5.72. The molecule has 4 heteroatoms. The van der Waals surface area contributed by atoms with E-state index < -0.39 is 23.7 Å². The van der Waals surface area contributed by atoms with Crippen LogP contribution in [0.1, 0.15) is 12.0 Å². The molecule has 1 nitrogen and oxygen atoms in total. The van der Waals surface area contributed by atoms with Crippen molar-refractivity contribution in [2.24, 2.45) is 0 Å². The quantitative estimate of drug-likeness (QED) is 0.725. The number of nitriles is 1. The maximum absolute atomic E-state index is 13.5. The smallest absolute Gasteiger partial charge is 0.206 e. The first kappa shape index (κ1) is 11.5. The fourth-order valence-corrected chi connectivity index (χ4v) is 1.75. The average molecular weight is 235 g/mol. The van der Waals surface area contributed by atoms with Crippen LogP contribution in [-0.4, -0.2) is 5.92 Å². The number of alkyl halides is 2. The van der Waals surface area contributed by atoms with Crippen LogP contribution < -0.4 is 0 Å². The molecule has 0 saturated heterocycles. The monoisotopic (exact) mass is 235 g/mol. The Hall–Kier alpha value is -2.02. The maximum Gasteiger partial charge on any atom is 0.289 e. The fraction of sp³-hybridized carbons (Fsp3) is 0.154. The van der Waals surface area contributed by atoms with Crippen LogP contribution in [0.2, 0.25) is 0 Å². The molecule has 1 aromatic carbocycles. The second-order valence-corrected chi connectivity index (χ2v) is 3.75. The summed E-state index contributed by atoms with van der Waals surface area (Å²) in [5.41, 5.74) is -0.344. The van der Waals surface area contributed by atoms with E-state index in [2.05, 4.69) is 0 Å². The van der Waals surface area contributed by atoms with E-state index in [1.807, 2.05) is 0 Å². The third-order valence-corrected chi connectivity index (χ3v) is 2.57. The SMILES string of the molecule is N#CC1=C(F)C=C(c2ccccc2)CC1(F)F. The fourth-order valence-electron chi connectivity index (χ4n) is 1.75. The van der Waals surface area contributed by atoms with Gasteiger partial charge in [0.25, 0.3) is 5.92 Å². The molecule has 17 heavy (non-hydrogen) atoms. The van der Waals surface area contributed by atoms with Gasteiger partial charge in [-0.25, -0.2) is 13.2 Å². The van der Waals surface area contributed by atoms with Crippen molar-refractivity contribution < 1.29 is 13.2 Å². The molecule has 2 rings (SSSR count). The Morgan fingerprint density at radius 3 is 2.35 bits per heavy atom. The summed E-state index contributed by atoms with van der Waals surface area (Å²) in [5.74, 6) is -4.58. The van der Waals surface area contributed by atoms with Gasteiger partial charge < -0.3 is 0 Å². The van der Waals surface area contributed by atoms with Gasteiger partial charge in [-0.05, 0) is 17.2 Å². The minimum atomic E-state index is -3.43. The Kier molecular flexibility index (Phi) is 2.76. The molecule has 0 radical (unpaired) electrons. The summed E-state index contributed by atoms with van der Waals surface area (Å²) in [4.78, 5) is 0. The van der Waals surface area contributed by atoms with E-state index in [1.165, 1.54) is 6.07 Å². The van der Waals surface area contributed by atoms with Gasteiger partial charge in [0.05, 0.1) is 0 Å². The number of hydrogen-bond donors (Lipinski definition) is 0. The highest BCUT2D eigenvalue weighted by Crippen LogP contribution is 2.41. The van der Waals surface area contributed by atoms with Crippen molar-refractivity contribution in [3.63, 3.8) is 0 Å². The first-order chi connectivity index (χ1) is 8.04. The van der Waals surface area contributed by atoms with Crippen LogP contribution in [0.25, 0.3) is 5.57 Å². The third kappa shape index (κ3) is 2.09. The topological polar surface area (TPSA) is 23.8 Å². The van der Waals surface area contributed by atoms with Crippen molar-refractivity contribution in [1.29, 1.82) is 5.26 Å². The molecule has 1 aromatic rings. The molecule has 0 aromatic heterocycles. The van der Waals surface area contributed by atoms with Gasteiger partial charge >= 0.3 is 0 Å². The Bertz CT molecular complexity index is 536. The molecule has 0 heterocycles. The number of hydrogen-bond acceptors (Lipinski definition) is 1. The molecule has 0 bridgehead atoms. The molecule has 0 unspecified atom stereocenters. The normalized spacial score (nSPS) is 18.6. The van der Waals surface area contributed by atoms with Crippen molar-refractivity contribution >= 4 is 5.57 Å². The zero-order valence-electron chi connectivity index (χ0n) is 8.75. The van der Waals surface area contributed by atoms with E-state index >= 15 is 0 Å². The van der Waals surface area contributed by atoms with Crippen LogP contribution in [0.15, 0.2) is 47.8 Å². The molecule has 0 saturated carbocycles. The molecule has 86 valence electrons. The Labute approximate surface area is 96.5 Å². The van der Waals surface area contributed by atoms with E-state index in [4.69, 9.17) is 5.26 Å². The summed E-state index contributed by atoms with van der Waals surface area (Å²) in [6, 6.07) is 9.62. The van der Waals surface area contributed by atoms with Crippen molar-refractivity contribution in [3.05, 3.63) is 53.4 Å². The standard InChI is InChI=1S/C13H8F3N/c14-12-6-10(9-4-2-1-3-5-9)7-13(15,16)11(12)8-17/h1-6H,7H2. The molecule has 1 aliphatic carbocycles. The number of rotatable bonds is 1. The highest BCUT2D eigenvalue weighted by atomic mass is 19.3. The van der Waals surface area contributed by atoms with Gasteiger partial charge in [-0.15, -0.1) is 0 Å². The number of allylic oxidation sites excluding steroid dienone is 4. The van der Waals surface area contributed by atoms with Crippen molar-refractivity contribution in [2.75, 3.05) is 0 Å². The zero-order chi connectivity index (χ0) is 12.5. The summed E-state index contributed by atoms with van der Waals surface area (Å²) in [7, 11) is 0. The van der Waals surface area contributed by atoms with Gasteiger partial charge in [0.1, 0.15) is 17.5 Å². The predicted molar refractivity (Wildman–Crippen MR) is 57.7 cm³/mol. The van der Waals surface area contributed by atoms with E-state index in [0.29, 0.717) is 5.56 Å². The zero-order valence-corrected chi connectivity index (χ0v) is 8.75. The van der Waals surface area contributed by atoms with Crippen molar-refractivity contribution in [3.8, 4) is 6.07 Å². The molecule has 0 atom stereocenters. The van der Waals surface area contributed by atoms with Gasteiger partial charge in [-0.2, -0.15) is 5.26 Å². The minimum Gasteiger partial charge on any atom is -0.206 e. The number of nitrogens with zero attached hydrogens (tertiary/aromatic N) is 1. The Morgan fingerprint density at radius 1 is 1.18 bits per heavy atom. The van der Waals surface area contributed by atoms with E-state index in [-0.39, 0.29) is 5.57 Å². The van der Waals surface area contributed by atoms with E-state index in [0.717, 1.165) is 6.08 Å². The third-order valence-electron chi connectivity index (χ3n) is 2.57. The lowest BCUT2D eigenvalue weighted by atomic mass is 9.90. The first-order valence-electron chi connectivity index (χ1n) is 4.99. The molecular weight excluding hydrogens is 227 g/mol. The summed E-state index contributed by atoms with van der Waals surface area (Å²) in [6.07, 6.45) is 0.360. The van der Waals surface area contributed by atoms with Crippen LogP contribution in [0.4, 0.5) is 13.2 Å². The number of benzene rings is 1. The lowest BCUT2D eigenvalue weighted by Gasteiger charge is -2.21. The Balaban J connectivity index is 2.49. The molecule has 0 spiro atoms. The molecular formula is C13H8F3N. The van der Waals surface area contributed by atoms with Gasteiger partial charge in [-0.1, -0.05) is 30.3 Å². The van der Waals surface area contributed by atoms with Crippen LogP contribution in [0, 0.1) is 11.3 Å². The summed E-state index contributed by atoms with van der Waals surface area (Å²) in [6.45, 7) is 0. The number of halogens is 3. The summed E-state index contributed by atoms with van der Waals surface area (Å²) < 4.78 is 40.4. The maximum atomic E-state index is 13.5. The largest absolute Gasteiger partial charge is 0.289 e.